The Morgan fingerprint density at radius 1 is 1.29 bits per heavy atom. The molecule has 1 heterocycles. The number of hydrogen-bond acceptors (Lipinski definition) is 5. The standard InChI is InChI=1S/C19H23Cl2N3O3S/c1-4-27-18(25)16-11-28-17(23-16)10-24(8-7-12(2)3)19(26)22-13-5-6-14(20)15(21)9-13/h5-6,9,11-12H,4,7-8,10H2,1-3H3,(H,22,26). The summed E-state index contributed by atoms with van der Waals surface area (Å²) in [5.74, 6) is -0.0225. The first-order valence-electron chi connectivity index (χ1n) is 8.92. The number of halogens is 2. The second-order valence-corrected chi connectivity index (χ2v) is 8.27. The Balaban J connectivity index is 2.11. The number of aromatic nitrogens is 1. The summed E-state index contributed by atoms with van der Waals surface area (Å²) in [5.41, 5.74) is 0.816. The van der Waals surface area contributed by atoms with Crippen molar-refractivity contribution in [1.29, 1.82) is 0 Å². The van der Waals surface area contributed by atoms with Crippen molar-refractivity contribution in [3.05, 3.63) is 44.3 Å². The summed E-state index contributed by atoms with van der Waals surface area (Å²) in [6.45, 7) is 7.07. The van der Waals surface area contributed by atoms with Crippen LogP contribution in [-0.2, 0) is 11.3 Å². The molecule has 9 heteroatoms. The lowest BCUT2D eigenvalue weighted by molar-refractivity contribution is 0.0520. The maximum atomic E-state index is 12.8. The molecule has 2 amide bonds. The molecule has 0 aliphatic carbocycles. The van der Waals surface area contributed by atoms with Gasteiger partial charge in [0.25, 0.3) is 0 Å². The number of ether oxygens (including phenoxy) is 1. The molecule has 0 fully saturated rings. The van der Waals surface area contributed by atoms with Gasteiger partial charge in [-0.2, -0.15) is 0 Å². The Hall–Kier alpha value is -1.83. The number of anilines is 1. The first kappa shape index (κ1) is 22.5. The van der Waals surface area contributed by atoms with Crippen molar-refractivity contribution >= 4 is 52.2 Å². The number of amides is 2. The van der Waals surface area contributed by atoms with E-state index < -0.39 is 5.97 Å². The molecule has 2 aromatic rings. The minimum Gasteiger partial charge on any atom is -0.461 e. The molecule has 0 aliphatic heterocycles. The average molecular weight is 444 g/mol. The maximum Gasteiger partial charge on any atom is 0.357 e. The second kappa shape index (κ2) is 10.6. The Morgan fingerprint density at radius 2 is 2.04 bits per heavy atom. The normalized spacial score (nSPS) is 10.8. The molecule has 6 nitrogen and oxygen atoms in total. The summed E-state index contributed by atoms with van der Waals surface area (Å²) in [4.78, 5) is 30.5. The van der Waals surface area contributed by atoms with Crippen molar-refractivity contribution in [3.8, 4) is 0 Å². The third-order valence-corrected chi connectivity index (χ3v) is 5.37. The van der Waals surface area contributed by atoms with E-state index in [9.17, 15) is 9.59 Å². The molecule has 0 saturated heterocycles. The molecule has 0 aliphatic rings. The summed E-state index contributed by atoms with van der Waals surface area (Å²) in [5, 5.41) is 5.93. The molecule has 0 atom stereocenters. The highest BCUT2D eigenvalue weighted by atomic mass is 35.5. The number of carbonyl (C=O) groups excluding carboxylic acids is 2. The van der Waals surface area contributed by atoms with E-state index in [1.165, 1.54) is 11.3 Å². The summed E-state index contributed by atoms with van der Waals surface area (Å²) >= 11 is 13.3. The van der Waals surface area contributed by atoms with E-state index in [2.05, 4.69) is 24.1 Å². The van der Waals surface area contributed by atoms with Gasteiger partial charge >= 0.3 is 12.0 Å². The van der Waals surface area contributed by atoms with E-state index in [0.717, 1.165) is 6.42 Å². The van der Waals surface area contributed by atoms with Crippen LogP contribution in [0.5, 0.6) is 0 Å². The minimum atomic E-state index is -0.459. The molecule has 152 valence electrons. The molecular weight excluding hydrogens is 421 g/mol. The zero-order valence-corrected chi connectivity index (χ0v) is 18.3. The monoisotopic (exact) mass is 443 g/mol. The van der Waals surface area contributed by atoms with Crippen LogP contribution in [-0.4, -0.2) is 35.0 Å². The number of nitrogens with zero attached hydrogens (tertiary/aromatic N) is 2. The fourth-order valence-electron chi connectivity index (χ4n) is 2.29. The van der Waals surface area contributed by atoms with Gasteiger partial charge in [0.1, 0.15) is 5.01 Å². The SMILES string of the molecule is CCOC(=O)c1csc(CN(CCC(C)C)C(=O)Nc2ccc(Cl)c(Cl)c2)n1. The summed E-state index contributed by atoms with van der Waals surface area (Å²) < 4.78 is 4.96. The lowest BCUT2D eigenvalue weighted by Crippen LogP contribution is -2.35. The Labute approximate surface area is 178 Å². The predicted octanol–water partition coefficient (Wildman–Crippen LogP) is 5.71. The summed E-state index contributed by atoms with van der Waals surface area (Å²) in [6.07, 6.45) is 0.838. The smallest absolute Gasteiger partial charge is 0.357 e. The van der Waals surface area contributed by atoms with Crippen LogP contribution in [0.15, 0.2) is 23.6 Å². The largest absolute Gasteiger partial charge is 0.461 e. The third-order valence-electron chi connectivity index (χ3n) is 3.80. The van der Waals surface area contributed by atoms with Gasteiger partial charge in [0, 0.05) is 17.6 Å². The van der Waals surface area contributed by atoms with Gasteiger partial charge in [-0.1, -0.05) is 37.0 Å². The molecule has 0 unspecified atom stereocenters. The highest BCUT2D eigenvalue weighted by Crippen LogP contribution is 2.25. The summed E-state index contributed by atoms with van der Waals surface area (Å²) in [6, 6.07) is 4.65. The van der Waals surface area contributed by atoms with Crippen LogP contribution >= 0.6 is 34.5 Å². The van der Waals surface area contributed by atoms with Gasteiger partial charge in [-0.25, -0.2) is 14.6 Å². The van der Waals surface area contributed by atoms with Gasteiger partial charge in [0.15, 0.2) is 5.69 Å². The van der Waals surface area contributed by atoms with Crippen molar-refractivity contribution in [2.75, 3.05) is 18.5 Å². The number of nitrogens with one attached hydrogen (secondary N) is 1. The number of esters is 1. The number of urea groups is 1. The van der Waals surface area contributed by atoms with Crippen molar-refractivity contribution in [3.63, 3.8) is 0 Å². The van der Waals surface area contributed by atoms with Gasteiger partial charge in [0.05, 0.1) is 23.2 Å². The zero-order valence-electron chi connectivity index (χ0n) is 16.0. The van der Waals surface area contributed by atoms with Crippen LogP contribution in [0.3, 0.4) is 0 Å². The van der Waals surface area contributed by atoms with Crippen LogP contribution in [0.4, 0.5) is 10.5 Å². The number of benzene rings is 1. The van der Waals surface area contributed by atoms with Crippen molar-refractivity contribution < 1.29 is 14.3 Å². The van der Waals surface area contributed by atoms with Crippen LogP contribution in [0, 0.1) is 5.92 Å². The second-order valence-electron chi connectivity index (χ2n) is 6.51. The lowest BCUT2D eigenvalue weighted by Gasteiger charge is -2.23. The van der Waals surface area contributed by atoms with Gasteiger partial charge in [0.2, 0.25) is 0 Å². The topological polar surface area (TPSA) is 71.5 Å². The Bertz CT molecular complexity index is 827. The highest BCUT2D eigenvalue weighted by Gasteiger charge is 2.19. The fourth-order valence-corrected chi connectivity index (χ4v) is 3.36. The highest BCUT2D eigenvalue weighted by molar-refractivity contribution is 7.09. The fraction of sp³-hybridized carbons (Fsp3) is 0.421. The molecule has 2 rings (SSSR count). The average Bonchev–Trinajstić information content (AvgIpc) is 3.10. The molecule has 28 heavy (non-hydrogen) atoms. The van der Waals surface area contributed by atoms with E-state index in [4.69, 9.17) is 27.9 Å². The molecule has 0 bridgehead atoms. The number of hydrogen-bond donors (Lipinski definition) is 1. The van der Waals surface area contributed by atoms with Crippen LogP contribution in [0.25, 0.3) is 0 Å². The zero-order chi connectivity index (χ0) is 20.7. The van der Waals surface area contributed by atoms with E-state index >= 15 is 0 Å². The van der Waals surface area contributed by atoms with Crippen molar-refractivity contribution in [1.82, 2.24) is 9.88 Å². The molecular formula is C19H23Cl2N3O3S. The van der Waals surface area contributed by atoms with Gasteiger partial charge in [-0.3, -0.25) is 0 Å². The van der Waals surface area contributed by atoms with E-state index in [0.29, 0.717) is 39.7 Å². The number of rotatable bonds is 8. The van der Waals surface area contributed by atoms with Gasteiger partial charge < -0.3 is 15.0 Å². The number of thiazole rings is 1. The molecule has 1 aromatic heterocycles. The lowest BCUT2D eigenvalue weighted by atomic mass is 10.1. The molecule has 0 saturated carbocycles. The molecule has 0 spiro atoms. The van der Waals surface area contributed by atoms with Crippen LogP contribution in [0.2, 0.25) is 10.0 Å². The molecule has 0 radical (unpaired) electrons. The van der Waals surface area contributed by atoms with Crippen LogP contribution < -0.4 is 5.32 Å². The Morgan fingerprint density at radius 3 is 2.68 bits per heavy atom. The van der Waals surface area contributed by atoms with E-state index in [-0.39, 0.29) is 18.3 Å². The predicted molar refractivity (Wildman–Crippen MR) is 113 cm³/mol. The van der Waals surface area contributed by atoms with E-state index in [1.807, 2.05) is 0 Å². The van der Waals surface area contributed by atoms with Gasteiger partial charge in [-0.05, 0) is 37.5 Å². The van der Waals surface area contributed by atoms with Gasteiger partial charge in [-0.15, -0.1) is 11.3 Å². The first-order chi connectivity index (χ1) is 13.3. The summed E-state index contributed by atoms with van der Waals surface area (Å²) in [7, 11) is 0. The first-order valence-corrected chi connectivity index (χ1v) is 10.6. The van der Waals surface area contributed by atoms with E-state index in [1.54, 1.807) is 35.4 Å². The van der Waals surface area contributed by atoms with Crippen LogP contribution in [0.1, 0.15) is 42.7 Å². The minimum absolute atomic E-state index is 0.260. The Kier molecular flexibility index (Phi) is 8.54. The number of carbonyl (C=O) groups is 2. The quantitative estimate of drug-likeness (QED) is 0.530. The third kappa shape index (κ3) is 6.65. The van der Waals surface area contributed by atoms with Crippen molar-refractivity contribution in [2.24, 2.45) is 5.92 Å². The van der Waals surface area contributed by atoms with Crippen molar-refractivity contribution in [2.45, 2.75) is 33.7 Å². The molecule has 1 N–H and O–H groups in total. The molecule has 1 aromatic carbocycles. The maximum absolute atomic E-state index is 12.8.